The first-order valence-corrected chi connectivity index (χ1v) is 16.9. The van der Waals surface area contributed by atoms with Crippen molar-refractivity contribution in [2.75, 3.05) is 18.4 Å². The van der Waals surface area contributed by atoms with Crippen LogP contribution in [-0.2, 0) is 0 Å². The summed E-state index contributed by atoms with van der Waals surface area (Å²) < 4.78 is 85.0. The molecule has 0 saturated carbocycles. The lowest BCUT2D eigenvalue weighted by Gasteiger charge is -2.17. The summed E-state index contributed by atoms with van der Waals surface area (Å²) in [5, 5.41) is 30.6. The van der Waals surface area contributed by atoms with Crippen LogP contribution in [0.1, 0.15) is 55.4 Å². The Labute approximate surface area is 331 Å². The minimum absolute atomic E-state index is 0. The Morgan fingerprint density at radius 3 is 1.56 bits per heavy atom. The van der Waals surface area contributed by atoms with Crippen molar-refractivity contribution < 1.29 is 46.0 Å². The van der Waals surface area contributed by atoms with E-state index in [-0.39, 0.29) is 31.5 Å². The van der Waals surface area contributed by atoms with E-state index in [0.29, 0.717) is 65.6 Å². The number of halogens is 7. The lowest BCUT2D eigenvalue weighted by atomic mass is 10.1. The highest BCUT2D eigenvalue weighted by atomic mass is 35.5. The molecule has 4 aromatic heterocycles. The molecule has 0 atom stereocenters. The molecule has 0 bridgehead atoms. The predicted octanol–water partition coefficient (Wildman–Crippen LogP) is 9.19. The zero-order chi connectivity index (χ0) is 40.6. The normalized spacial score (nSPS) is 11.7. The maximum absolute atomic E-state index is 12.4. The molecular formula is C38H47ClF6N8O4. The summed E-state index contributed by atoms with van der Waals surface area (Å²) >= 11 is 5.82. The zero-order valence-corrected chi connectivity index (χ0v) is 30.8. The molecular weight excluding hydrogens is 782 g/mol. The van der Waals surface area contributed by atoms with Gasteiger partial charge in [-0.05, 0) is 95.6 Å². The number of nitrogens with one attached hydrogen (secondary N) is 1. The Morgan fingerprint density at radius 1 is 0.684 bits per heavy atom. The van der Waals surface area contributed by atoms with Gasteiger partial charge in [-0.15, -0.1) is 31.4 Å². The highest BCUT2D eigenvalue weighted by Gasteiger charge is 2.32. The second-order valence-electron chi connectivity index (χ2n) is 13.2. The van der Waals surface area contributed by atoms with Gasteiger partial charge in [-0.3, -0.25) is 0 Å². The summed E-state index contributed by atoms with van der Waals surface area (Å²) in [4.78, 5) is 8.35. The van der Waals surface area contributed by atoms with Crippen molar-refractivity contribution >= 4 is 28.7 Å². The molecule has 0 amide bonds. The largest absolute Gasteiger partial charge is 0.573 e. The van der Waals surface area contributed by atoms with Crippen molar-refractivity contribution in [3.8, 4) is 34.0 Å². The van der Waals surface area contributed by atoms with Gasteiger partial charge < -0.3 is 30.7 Å². The Hall–Kier alpha value is -5.17. The molecule has 0 saturated heterocycles. The van der Waals surface area contributed by atoms with E-state index in [0.717, 1.165) is 0 Å². The van der Waals surface area contributed by atoms with Gasteiger partial charge in [-0.1, -0.05) is 50.7 Å². The second-order valence-corrected chi connectivity index (χ2v) is 13.6. The van der Waals surface area contributed by atoms with Crippen LogP contribution >= 0.6 is 11.6 Å². The SMILES string of the molecule is C.C.CC(C)(O)CCN.CC(C)(O)CCNc1ccc2ncc(-c3cccc(OC(F)(F)F)c3)n2n1.FC(F)(F)Oc1cccc(-c2cnc3ccc(Cl)nn23)c1. The number of hydrogen-bond acceptors (Lipinski definition) is 10. The van der Waals surface area contributed by atoms with E-state index in [4.69, 9.17) is 22.4 Å². The Balaban J connectivity index is 0.000000334. The summed E-state index contributed by atoms with van der Waals surface area (Å²) in [5.41, 5.74) is 6.90. The third-order valence-corrected chi connectivity index (χ3v) is 7.42. The number of aromatic nitrogens is 6. The van der Waals surface area contributed by atoms with Crippen molar-refractivity contribution in [1.29, 1.82) is 0 Å². The molecule has 312 valence electrons. The first-order valence-electron chi connectivity index (χ1n) is 16.6. The van der Waals surface area contributed by atoms with Crippen LogP contribution in [0, 0.1) is 0 Å². The quantitative estimate of drug-likeness (QED) is 0.0982. The molecule has 0 aliphatic carbocycles. The minimum atomic E-state index is -4.76. The summed E-state index contributed by atoms with van der Waals surface area (Å²) in [7, 11) is 0. The number of nitrogens with two attached hydrogens (primary N) is 1. The highest BCUT2D eigenvalue weighted by molar-refractivity contribution is 6.29. The molecule has 5 N–H and O–H groups in total. The molecule has 0 aliphatic rings. The van der Waals surface area contributed by atoms with Gasteiger partial charge in [-0.2, -0.15) is 5.10 Å². The lowest BCUT2D eigenvalue weighted by Crippen LogP contribution is -2.23. The molecule has 57 heavy (non-hydrogen) atoms. The fourth-order valence-electron chi connectivity index (χ4n) is 4.77. The van der Waals surface area contributed by atoms with E-state index in [1.54, 1.807) is 68.6 Å². The van der Waals surface area contributed by atoms with E-state index in [1.165, 1.54) is 53.3 Å². The molecule has 2 aromatic carbocycles. The zero-order valence-electron chi connectivity index (χ0n) is 30.0. The Morgan fingerprint density at radius 2 is 1.14 bits per heavy atom. The third-order valence-electron chi connectivity index (χ3n) is 7.22. The molecule has 19 heteroatoms. The molecule has 0 spiro atoms. The second kappa shape index (κ2) is 19.8. The number of benzene rings is 2. The average molecular weight is 829 g/mol. The number of rotatable bonds is 10. The molecule has 0 unspecified atom stereocenters. The van der Waals surface area contributed by atoms with Crippen molar-refractivity contribution in [1.82, 2.24) is 29.2 Å². The van der Waals surface area contributed by atoms with E-state index >= 15 is 0 Å². The third kappa shape index (κ3) is 15.7. The molecule has 12 nitrogen and oxygen atoms in total. The topological polar surface area (TPSA) is 157 Å². The van der Waals surface area contributed by atoms with Gasteiger partial charge >= 0.3 is 12.7 Å². The predicted molar refractivity (Wildman–Crippen MR) is 208 cm³/mol. The van der Waals surface area contributed by atoms with E-state index in [2.05, 4.69) is 35.0 Å². The van der Waals surface area contributed by atoms with Crippen LogP contribution in [0.5, 0.6) is 11.5 Å². The van der Waals surface area contributed by atoms with Gasteiger partial charge in [0.15, 0.2) is 11.3 Å². The fraction of sp³-hybridized carbons (Fsp3) is 0.368. The molecule has 0 aliphatic heterocycles. The van der Waals surface area contributed by atoms with Crippen LogP contribution < -0.4 is 20.5 Å². The van der Waals surface area contributed by atoms with Crippen molar-refractivity contribution in [3.05, 3.63) is 90.3 Å². The van der Waals surface area contributed by atoms with Crippen LogP contribution in [0.25, 0.3) is 33.8 Å². The maximum Gasteiger partial charge on any atom is 0.573 e. The Kier molecular flexibility index (Phi) is 16.7. The number of nitrogens with zero attached hydrogens (tertiary/aromatic N) is 6. The monoisotopic (exact) mass is 828 g/mol. The van der Waals surface area contributed by atoms with Crippen LogP contribution in [0.2, 0.25) is 5.15 Å². The summed E-state index contributed by atoms with van der Waals surface area (Å²) in [5.74, 6) is -0.0555. The number of hydrogen-bond donors (Lipinski definition) is 4. The van der Waals surface area contributed by atoms with E-state index in [9.17, 15) is 31.4 Å². The molecule has 4 heterocycles. The Bertz CT molecular complexity index is 2160. The summed E-state index contributed by atoms with van der Waals surface area (Å²) in [6.07, 6.45) is -5.25. The number of imidazole rings is 2. The molecule has 6 aromatic rings. The van der Waals surface area contributed by atoms with Crippen molar-refractivity contribution in [2.45, 2.75) is 79.3 Å². The van der Waals surface area contributed by atoms with Gasteiger partial charge in [0.25, 0.3) is 0 Å². The average Bonchev–Trinajstić information content (AvgIpc) is 3.67. The van der Waals surface area contributed by atoms with Crippen LogP contribution in [0.15, 0.2) is 85.2 Å². The van der Waals surface area contributed by atoms with E-state index in [1.807, 2.05) is 0 Å². The minimum Gasteiger partial charge on any atom is -0.406 e. The van der Waals surface area contributed by atoms with Gasteiger partial charge in [0.05, 0.1) is 35.0 Å². The highest BCUT2D eigenvalue weighted by Crippen LogP contribution is 2.30. The fourth-order valence-corrected chi connectivity index (χ4v) is 4.91. The van der Waals surface area contributed by atoms with E-state index < -0.39 is 23.9 Å². The van der Waals surface area contributed by atoms with Gasteiger partial charge in [0, 0.05) is 17.7 Å². The molecule has 0 radical (unpaired) electrons. The number of ether oxygens (including phenoxy) is 2. The van der Waals surface area contributed by atoms with Crippen molar-refractivity contribution in [3.63, 3.8) is 0 Å². The van der Waals surface area contributed by atoms with Gasteiger partial charge in [0.2, 0.25) is 0 Å². The standard InChI is InChI=1S/C18H19F3N4O2.C13H7ClF3N3O.C5H13NO.2CH4/c1-17(2,26)8-9-22-15-6-7-16-23-11-14(25(16)24-15)12-4-3-5-13(10-12)27-18(19,20)21;14-11-4-5-12-18-7-10(20(12)19-11)8-2-1-3-9(6-8)21-13(15,16)17;1-5(2,7)3-4-6;;/h3-7,10-11,26H,8-9H2,1-2H3,(H,22,24);1-7H;7H,3-4,6H2,1-2H3;2*1H4. The maximum atomic E-state index is 12.4. The first-order chi connectivity index (χ1) is 25.6. The van der Waals surface area contributed by atoms with Crippen LogP contribution in [0.4, 0.5) is 32.2 Å². The number of alkyl halides is 6. The summed E-state index contributed by atoms with van der Waals surface area (Å²) in [6.45, 7) is 8.01. The lowest BCUT2D eigenvalue weighted by molar-refractivity contribution is -0.275. The van der Waals surface area contributed by atoms with Crippen LogP contribution in [0.3, 0.4) is 0 Å². The first kappa shape index (κ1) is 48.0. The number of aliphatic hydroxyl groups is 2. The molecule has 0 fully saturated rings. The van der Waals surface area contributed by atoms with Gasteiger partial charge in [-0.25, -0.2) is 19.0 Å². The van der Waals surface area contributed by atoms with Crippen molar-refractivity contribution in [2.24, 2.45) is 5.73 Å². The van der Waals surface area contributed by atoms with Crippen LogP contribution in [-0.4, -0.2) is 76.4 Å². The van der Waals surface area contributed by atoms with Gasteiger partial charge in [0.1, 0.15) is 22.5 Å². The summed E-state index contributed by atoms with van der Waals surface area (Å²) in [6, 6.07) is 18.0. The number of anilines is 1. The smallest absolute Gasteiger partial charge is 0.406 e. The molecule has 6 rings (SSSR count). The number of fused-ring (bicyclic) bond motifs is 2.